The highest BCUT2D eigenvalue weighted by Crippen LogP contribution is 2.30. The molecule has 1 fully saturated rings. The number of nitrogens with one attached hydrogen (secondary N) is 1. The van der Waals surface area contributed by atoms with Crippen molar-refractivity contribution in [3.05, 3.63) is 30.5 Å². The van der Waals surface area contributed by atoms with Crippen LogP contribution in [0.2, 0.25) is 0 Å². The molecule has 0 radical (unpaired) electrons. The molecule has 0 spiro atoms. The molecule has 1 aliphatic rings. The lowest BCUT2D eigenvalue weighted by Gasteiger charge is -2.41. The lowest BCUT2D eigenvalue weighted by molar-refractivity contribution is -0.216. The maximum absolute atomic E-state index is 9.95. The minimum Gasteiger partial charge on any atom is -0.483 e. The standard InChI is InChI=1S/C14H17NO6/c16-9-10(17)12(19)14(13(20)11(9)18)21-8-5-15-7-4-2-1-3-6(7)8/h1-5,9-20H/t9?,10-,11+,12-,13-,14?/m0/s1. The van der Waals surface area contributed by atoms with Gasteiger partial charge in [-0.15, -0.1) is 0 Å². The van der Waals surface area contributed by atoms with E-state index in [0.717, 1.165) is 10.9 Å². The molecular formula is C14H17NO6. The maximum Gasteiger partial charge on any atom is 0.156 e. The number of ether oxygens (including phenoxy) is 1. The number of hydrogen-bond donors (Lipinski definition) is 6. The van der Waals surface area contributed by atoms with E-state index in [2.05, 4.69) is 4.98 Å². The number of aromatic amines is 1. The van der Waals surface area contributed by atoms with Gasteiger partial charge in [-0.05, 0) is 12.1 Å². The Morgan fingerprint density at radius 2 is 1.38 bits per heavy atom. The summed E-state index contributed by atoms with van der Waals surface area (Å²) >= 11 is 0. The predicted molar refractivity (Wildman–Crippen MR) is 72.7 cm³/mol. The van der Waals surface area contributed by atoms with Gasteiger partial charge in [0.1, 0.15) is 36.3 Å². The molecule has 0 amide bonds. The van der Waals surface area contributed by atoms with Crippen molar-refractivity contribution in [2.45, 2.75) is 36.6 Å². The monoisotopic (exact) mass is 295 g/mol. The first-order chi connectivity index (χ1) is 10.0. The SMILES string of the molecule is OC1[C@@H](O)[C@H](O)C(Oc2c[nH]c3ccccc23)[C@@H](O)[C@H]1O. The van der Waals surface area contributed by atoms with Gasteiger partial charge in [-0.25, -0.2) is 0 Å². The minimum absolute atomic E-state index is 0.379. The second-order valence-electron chi connectivity index (χ2n) is 5.23. The van der Waals surface area contributed by atoms with Crippen LogP contribution in [0.4, 0.5) is 0 Å². The number of para-hydroxylation sites is 1. The van der Waals surface area contributed by atoms with Gasteiger partial charge in [0.15, 0.2) is 6.10 Å². The van der Waals surface area contributed by atoms with Crippen LogP contribution in [0, 0.1) is 0 Å². The van der Waals surface area contributed by atoms with E-state index >= 15 is 0 Å². The topological polar surface area (TPSA) is 126 Å². The highest BCUT2D eigenvalue weighted by Gasteiger charge is 2.49. The number of aliphatic hydroxyl groups is 5. The summed E-state index contributed by atoms with van der Waals surface area (Å²) in [6, 6.07) is 7.29. The molecule has 6 N–H and O–H groups in total. The van der Waals surface area contributed by atoms with Crippen molar-refractivity contribution in [3.8, 4) is 5.75 Å². The van der Waals surface area contributed by atoms with E-state index in [0.29, 0.717) is 5.75 Å². The summed E-state index contributed by atoms with van der Waals surface area (Å²) in [5.41, 5.74) is 0.813. The fourth-order valence-corrected chi connectivity index (χ4v) is 2.63. The zero-order chi connectivity index (χ0) is 15.1. The number of aliphatic hydroxyl groups excluding tert-OH is 5. The fourth-order valence-electron chi connectivity index (χ4n) is 2.63. The minimum atomic E-state index is -1.63. The Morgan fingerprint density at radius 3 is 2.05 bits per heavy atom. The van der Waals surface area contributed by atoms with Gasteiger partial charge < -0.3 is 35.3 Å². The number of aromatic nitrogens is 1. The number of hydrogen-bond acceptors (Lipinski definition) is 6. The Hall–Kier alpha value is -1.64. The first-order valence-corrected chi connectivity index (χ1v) is 6.64. The molecule has 1 saturated carbocycles. The van der Waals surface area contributed by atoms with Crippen molar-refractivity contribution in [1.29, 1.82) is 0 Å². The molecular weight excluding hydrogens is 278 g/mol. The highest BCUT2D eigenvalue weighted by molar-refractivity contribution is 5.85. The summed E-state index contributed by atoms with van der Waals surface area (Å²) in [5.74, 6) is 0.379. The Labute approximate surface area is 120 Å². The van der Waals surface area contributed by atoms with Gasteiger partial charge >= 0.3 is 0 Å². The molecule has 7 heteroatoms. The lowest BCUT2D eigenvalue weighted by atomic mass is 9.85. The Balaban J connectivity index is 1.89. The van der Waals surface area contributed by atoms with Crippen molar-refractivity contribution in [1.82, 2.24) is 4.98 Å². The van der Waals surface area contributed by atoms with Crippen molar-refractivity contribution < 1.29 is 30.3 Å². The van der Waals surface area contributed by atoms with Crippen LogP contribution in [0.5, 0.6) is 5.75 Å². The molecule has 1 heterocycles. The van der Waals surface area contributed by atoms with Crippen LogP contribution in [0.15, 0.2) is 30.5 Å². The van der Waals surface area contributed by atoms with Crippen LogP contribution in [0.25, 0.3) is 10.9 Å². The summed E-state index contributed by atoms with van der Waals surface area (Å²) in [7, 11) is 0. The summed E-state index contributed by atoms with van der Waals surface area (Å²) in [6.45, 7) is 0. The number of fused-ring (bicyclic) bond motifs is 1. The predicted octanol–water partition coefficient (Wildman–Crippen LogP) is -1.27. The summed E-state index contributed by atoms with van der Waals surface area (Å²) in [4.78, 5) is 2.98. The zero-order valence-electron chi connectivity index (χ0n) is 11.0. The van der Waals surface area contributed by atoms with Crippen molar-refractivity contribution in [2.75, 3.05) is 0 Å². The van der Waals surface area contributed by atoms with Gasteiger partial charge in [-0.3, -0.25) is 0 Å². The molecule has 21 heavy (non-hydrogen) atoms. The molecule has 1 aromatic carbocycles. The van der Waals surface area contributed by atoms with Crippen LogP contribution in [-0.2, 0) is 0 Å². The lowest BCUT2D eigenvalue weighted by Crippen LogP contribution is -2.65. The summed E-state index contributed by atoms with van der Waals surface area (Å²) in [6.07, 6.45) is -7.56. The molecule has 6 atom stereocenters. The van der Waals surface area contributed by atoms with Gasteiger partial charge in [0.25, 0.3) is 0 Å². The van der Waals surface area contributed by atoms with Crippen LogP contribution >= 0.6 is 0 Å². The second-order valence-corrected chi connectivity index (χ2v) is 5.23. The molecule has 0 bridgehead atoms. The van der Waals surface area contributed by atoms with Crippen LogP contribution in [0.1, 0.15) is 0 Å². The average molecular weight is 295 g/mol. The molecule has 0 saturated heterocycles. The van der Waals surface area contributed by atoms with Crippen LogP contribution < -0.4 is 4.74 Å². The van der Waals surface area contributed by atoms with Crippen molar-refractivity contribution >= 4 is 10.9 Å². The molecule has 7 nitrogen and oxygen atoms in total. The highest BCUT2D eigenvalue weighted by atomic mass is 16.5. The number of benzene rings is 1. The zero-order valence-corrected chi connectivity index (χ0v) is 11.0. The van der Waals surface area contributed by atoms with E-state index in [1.807, 2.05) is 18.2 Å². The first kappa shape index (κ1) is 14.3. The first-order valence-electron chi connectivity index (χ1n) is 6.64. The van der Waals surface area contributed by atoms with E-state index < -0.39 is 36.6 Å². The average Bonchev–Trinajstić information content (AvgIpc) is 2.91. The third-order valence-electron chi connectivity index (χ3n) is 3.89. The van der Waals surface area contributed by atoms with E-state index in [9.17, 15) is 25.5 Å². The third kappa shape index (κ3) is 2.29. The fraction of sp³-hybridized carbons (Fsp3) is 0.429. The quantitative estimate of drug-likeness (QED) is 0.410. The Morgan fingerprint density at radius 1 is 0.810 bits per heavy atom. The summed E-state index contributed by atoms with van der Waals surface area (Å²) < 4.78 is 5.56. The smallest absolute Gasteiger partial charge is 0.156 e. The van der Waals surface area contributed by atoms with Crippen LogP contribution in [-0.4, -0.2) is 67.1 Å². The van der Waals surface area contributed by atoms with Gasteiger partial charge in [0.05, 0.1) is 0 Å². The Kier molecular flexibility index (Phi) is 3.60. The Bertz CT molecular complexity index is 613. The molecule has 1 aliphatic carbocycles. The molecule has 2 unspecified atom stereocenters. The van der Waals surface area contributed by atoms with Crippen LogP contribution in [0.3, 0.4) is 0 Å². The number of H-pyrrole nitrogens is 1. The van der Waals surface area contributed by atoms with E-state index in [1.165, 1.54) is 0 Å². The van der Waals surface area contributed by atoms with E-state index in [-0.39, 0.29) is 0 Å². The molecule has 3 rings (SSSR count). The third-order valence-corrected chi connectivity index (χ3v) is 3.89. The van der Waals surface area contributed by atoms with Gasteiger partial charge in [-0.1, -0.05) is 12.1 Å². The molecule has 2 aromatic rings. The molecule has 0 aliphatic heterocycles. The summed E-state index contributed by atoms with van der Waals surface area (Å²) in [5, 5.41) is 49.5. The van der Waals surface area contributed by atoms with Crippen molar-refractivity contribution in [3.63, 3.8) is 0 Å². The number of rotatable bonds is 2. The van der Waals surface area contributed by atoms with E-state index in [1.54, 1.807) is 12.3 Å². The van der Waals surface area contributed by atoms with Crippen molar-refractivity contribution in [2.24, 2.45) is 0 Å². The largest absolute Gasteiger partial charge is 0.483 e. The second kappa shape index (κ2) is 5.28. The van der Waals surface area contributed by atoms with E-state index in [4.69, 9.17) is 4.74 Å². The molecule has 114 valence electrons. The molecule has 1 aromatic heterocycles. The van der Waals surface area contributed by atoms with Gasteiger partial charge in [0.2, 0.25) is 0 Å². The maximum atomic E-state index is 9.95. The van der Waals surface area contributed by atoms with Gasteiger partial charge in [0, 0.05) is 17.1 Å². The normalized spacial score (nSPS) is 36.8. The van der Waals surface area contributed by atoms with Gasteiger partial charge in [-0.2, -0.15) is 0 Å².